The zero-order valence-electron chi connectivity index (χ0n) is 12.6. The van der Waals surface area contributed by atoms with E-state index in [2.05, 4.69) is 10.3 Å². The van der Waals surface area contributed by atoms with Gasteiger partial charge in [0.1, 0.15) is 6.54 Å². The van der Waals surface area contributed by atoms with E-state index in [1.54, 1.807) is 0 Å². The van der Waals surface area contributed by atoms with Gasteiger partial charge in [0.05, 0.1) is 6.20 Å². The largest absolute Gasteiger partial charge is 0.476 e. The maximum absolute atomic E-state index is 12.5. The van der Waals surface area contributed by atoms with Crippen molar-refractivity contribution in [3.8, 4) is 0 Å². The van der Waals surface area contributed by atoms with Crippen LogP contribution in [0.15, 0.2) is 6.20 Å². The second-order valence-corrected chi connectivity index (χ2v) is 6.30. The number of aromatic carboxylic acids is 1. The topological polar surface area (TPSA) is 88.3 Å². The average molecular weight is 306 g/mol. The first-order valence-electron chi connectivity index (χ1n) is 8.08. The van der Waals surface area contributed by atoms with Gasteiger partial charge in [-0.1, -0.05) is 24.5 Å². The van der Waals surface area contributed by atoms with E-state index in [-0.39, 0.29) is 18.1 Å². The van der Waals surface area contributed by atoms with Crippen LogP contribution < -0.4 is 0 Å². The molecule has 2 aliphatic rings. The second kappa shape index (κ2) is 6.46. The highest BCUT2D eigenvalue weighted by atomic mass is 16.4. The maximum atomic E-state index is 12.5. The lowest BCUT2D eigenvalue weighted by Crippen LogP contribution is -2.42. The molecule has 7 nitrogen and oxygen atoms in total. The third-order valence-electron chi connectivity index (χ3n) is 4.87. The van der Waals surface area contributed by atoms with Gasteiger partial charge in [-0.15, -0.1) is 5.10 Å². The van der Waals surface area contributed by atoms with Crippen LogP contribution in [0.5, 0.6) is 0 Å². The van der Waals surface area contributed by atoms with Crippen molar-refractivity contribution in [2.75, 3.05) is 6.54 Å². The fraction of sp³-hybridized carbons (Fsp3) is 0.733. The molecule has 1 saturated carbocycles. The molecular formula is C15H22N4O3. The molecular weight excluding hydrogens is 284 g/mol. The summed E-state index contributed by atoms with van der Waals surface area (Å²) >= 11 is 0. The normalized spacial score (nSPS) is 22.9. The lowest BCUT2D eigenvalue weighted by Gasteiger charge is -2.34. The number of likely N-dealkylation sites (tertiary alicyclic amines) is 1. The van der Waals surface area contributed by atoms with Gasteiger partial charge >= 0.3 is 5.97 Å². The van der Waals surface area contributed by atoms with Crippen LogP contribution in [0.25, 0.3) is 0 Å². The van der Waals surface area contributed by atoms with Crippen molar-refractivity contribution >= 4 is 11.9 Å². The summed E-state index contributed by atoms with van der Waals surface area (Å²) in [7, 11) is 0. The molecule has 1 aromatic rings. The first kappa shape index (κ1) is 15.0. The highest BCUT2D eigenvalue weighted by Gasteiger charge is 2.35. The molecule has 0 spiro atoms. The van der Waals surface area contributed by atoms with Crippen LogP contribution in [0.2, 0.25) is 0 Å². The maximum Gasteiger partial charge on any atom is 0.358 e. The predicted octanol–water partition coefficient (Wildman–Crippen LogP) is 1.55. The van der Waals surface area contributed by atoms with Crippen molar-refractivity contribution in [1.82, 2.24) is 19.9 Å². The Morgan fingerprint density at radius 3 is 2.64 bits per heavy atom. The lowest BCUT2D eigenvalue weighted by molar-refractivity contribution is -0.134. The third-order valence-corrected chi connectivity index (χ3v) is 4.87. The van der Waals surface area contributed by atoms with Crippen LogP contribution >= 0.6 is 0 Å². The number of carboxylic acid groups (broad SMARTS) is 1. The van der Waals surface area contributed by atoms with Gasteiger partial charge in [0.2, 0.25) is 5.91 Å². The number of carbonyl (C=O) groups is 2. The number of rotatable bonds is 4. The minimum Gasteiger partial charge on any atom is -0.476 e. The van der Waals surface area contributed by atoms with Crippen LogP contribution in [-0.2, 0) is 11.3 Å². The third kappa shape index (κ3) is 3.13. The van der Waals surface area contributed by atoms with Crippen LogP contribution in [-0.4, -0.2) is 49.5 Å². The molecule has 1 aliphatic carbocycles. The van der Waals surface area contributed by atoms with Gasteiger partial charge in [-0.05, 0) is 31.6 Å². The Morgan fingerprint density at radius 1 is 1.18 bits per heavy atom. The molecule has 1 unspecified atom stereocenters. The Morgan fingerprint density at radius 2 is 1.95 bits per heavy atom. The molecule has 1 aliphatic heterocycles. The van der Waals surface area contributed by atoms with Crippen LogP contribution in [0.3, 0.4) is 0 Å². The molecule has 1 aromatic heterocycles. The minimum atomic E-state index is -1.13. The number of hydrogen-bond acceptors (Lipinski definition) is 4. The average Bonchev–Trinajstić information content (AvgIpc) is 3.17. The monoisotopic (exact) mass is 306 g/mol. The minimum absolute atomic E-state index is 0.0231. The Labute approximate surface area is 129 Å². The summed E-state index contributed by atoms with van der Waals surface area (Å²) in [6.45, 7) is 0.879. The summed E-state index contributed by atoms with van der Waals surface area (Å²) in [4.78, 5) is 25.3. The first-order valence-corrected chi connectivity index (χ1v) is 8.08. The van der Waals surface area contributed by atoms with E-state index in [1.165, 1.54) is 43.0 Å². The van der Waals surface area contributed by atoms with Gasteiger partial charge < -0.3 is 10.0 Å². The SMILES string of the molecule is O=C(O)c1cn(CC(=O)N2CCCC2C2CCCCC2)nn1. The van der Waals surface area contributed by atoms with E-state index in [4.69, 9.17) is 5.11 Å². The van der Waals surface area contributed by atoms with Gasteiger partial charge in [0.25, 0.3) is 0 Å². The Bertz CT molecular complexity index is 551. The molecule has 1 N–H and O–H groups in total. The Hall–Kier alpha value is -1.92. The molecule has 7 heteroatoms. The van der Waals surface area contributed by atoms with E-state index in [9.17, 15) is 9.59 Å². The molecule has 1 saturated heterocycles. The number of amides is 1. The van der Waals surface area contributed by atoms with Crippen molar-refractivity contribution in [2.24, 2.45) is 5.92 Å². The van der Waals surface area contributed by atoms with Crippen molar-refractivity contribution in [2.45, 2.75) is 57.5 Å². The fourth-order valence-electron chi connectivity index (χ4n) is 3.81. The molecule has 22 heavy (non-hydrogen) atoms. The molecule has 0 radical (unpaired) electrons. The number of aromatic nitrogens is 3. The van der Waals surface area contributed by atoms with E-state index in [1.807, 2.05) is 4.90 Å². The van der Waals surface area contributed by atoms with E-state index >= 15 is 0 Å². The number of nitrogens with zero attached hydrogens (tertiary/aromatic N) is 4. The number of carbonyl (C=O) groups excluding carboxylic acids is 1. The summed E-state index contributed by atoms with van der Waals surface area (Å²) in [6.07, 6.45) is 9.77. The van der Waals surface area contributed by atoms with E-state index in [0.717, 1.165) is 19.4 Å². The van der Waals surface area contributed by atoms with E-state index < -0.39 is 5.97 Å². The standard InChI is InChI=1S/C15H22N4O3/c20-14(10-18-9-12(15(21)22)16-17-18)19-8-4-7-13(19)11-5-2-1-3-6-11/h9,11,13H,1-8,10H2,(H,21,22). The lowest BCUT2D eigenvalue weighted by atomic mass is 9.83. The van der Waals surface area contributed by atoms with Crippen molar-refractivity contribution < 1.29 is 14.7 Å². The van der Waals surface area contributed by atoms with Gasteiger partial charge in [-0.2, -0.15) is 0 Å². The zero-order chi connectivity index (χ0) is 15.5. The predicted molar refractivity (Wildman–Crippen MR) is 78.3 cm³/mol. The first-order chi connectivity index (χ1) is 10.6. The van der Waals surface area contributed by atoms with Crippen molar-refractivity contribution in [1.29, 1.82) is 0 Å². The molecule has 1 amide bonds. The van der Waals surface area contributed by atoms with E-state index in [0.29, 0.717) is 12.0 Å². The zero-order valence-corrected chi connectivity index (χ0v) is 12.6. The number of carboxylic acids is 1. The summed E-state index contributed by atoms with van der Waals surface area (Å²) in [5, 5.41) is 16.1. The van der Waals surface area contributed by atoms with Crippen LogP contribution in [0.1, 0.15) is 55.4 Å². The molecule has 0 bridgehead atoms. The highest BCUT2D eigenvalue weighted by molar-refractivity contribution is 5.84. The van der Waals surface area contributed by atoms with Gasteiger partial charge in [0.15, 0.2) is 5.69 Å². The molecule has 120 valence electrons. The quantitative estimate of drug-likeness (QED) is 0.911. The number of hydrogen-bond donors (Lipinski definition) is 1. The molecule has 3 rings (SSSR count). The highest BCUT2D eigenvalue weighted by Crippen LogP contribution is 2.34. The second-order valence-electron chi connectivity index (χ2n) is 6.30. The molecule has 0 aromatic carbocycles. The Kier molecular flexibility index (Phi) is 4.40. The molecule has 1 atom stereocenters. The summed E-state index contributed by atoms with van der Waals surface area (Å²) in [6, 6.07) is 0.357. The molecule has 2 fully saturated rings. The van der Waals surface area contributed by atoms with Crippen LogP contribution in [0.4, 0.5) is 0 Å². The van der Waals surface area contributed by atoms with Gasteiger partial charge in [0, 0.05) is 12.6 Å². The summed E-state index contributed by atoms with van der Waals surface area (Å²) < 4.78 is 1.32. The smallest absolute Gasteiger partial charge is 0.358 e. The van der Waals surface area contributed by atoms with Gasteiger partial charge in [-0.25, -0.2) is 9.48 Å². The molecule has 2 heterocycles. The van der Waals surface area contributed by atoms with Crippen LogP contribution in [0, 0.1) is 5.92 Å². The van der Waals surface area contributed by atoms with Gasteiger partial charge in [-0.3, -0.25) is 4.79 Å². The summed E-state index contributed by atoms with van der Waals surface area (Å²) in [5.74, 6) is -0.472. The summed E-state index contributed by atoms with van der Waals surface area (Å²) in [5.41, 5.74) is -0.127. The fourth-order valence-corrected chi connectivity index (χ4v) is 3.81. The Balaban J connectivity index is 1.63. The van der Waals surface area contributed by atoms with Crippen molar-refractivity contribution in [3.63, 3.8) is 0 Å². The van der Waals surface area contributed by atoms with Crippen molar-refractivity contribution in [3.05, 3.63) is 11.9 Å².